The fourth-order valence-corrected chi connectivity index (χ4v) is 1.19. The number of benzene rings is 1. The predicted molar refractivity (Wildman–Crippen MR) is 55.0 cm³/mol. The van der Waals surface area contributed by atoms with E-state index in [9.17, 15) is 0 Å². The largest absolute Gasteiger partial charge is 0.496 e. The summed E-state index contributed by atoms with van der Waals surface area (Å²) in [5.74, 6) is 0.729. The minimum atomic E-state index is -0.00743. The first-order valence-electron chi connectivity index (χ1n) is 4.37. The molecule has 0 fully saturated rings. The Kier molecular flexibility index (Phi) is 4.16. The van der Waals surface area contributed by atoms with Gasteiger partial charge in [0.05, 0.1) is 20.3 Å². The fraction of sp³-hybridized carbons (Fsp3) is 0.273. The highest BCUT2D eigenvalue weighted by atomic mass is 16.5. The van der Waals surface area contributed by atoms with Crippen LogP contribution in [-0.2, 0) is 6.61 Å². The summed E-state index contributed by atoms with van der Waals surface area (Å²) in [5, 5.41) is 17.6. The average molecular weight is 194 g/mol. The first-order chi connectivity index (χ1) is 6.81. The van der Waals surface area contributed by atoms with Crippen molar-refractivity contribution in [2.75, 3.05) is 13.7 Å². The Bertz CT molecular complexity index is 318. The number of aliphatic hydroxyl groups is 2. The molecule has 0 aliphatic carbocycles. The third-order valence-corrected chi connectivity index (χ3v) is 1.88. The number of aliphatic hydroxyl groups excluding tert-OH is 2. The van der Waals surface area contributed by atoms with Gasteiger partial charge in [0.2, 0.25) is 0 Å². The molecule has 0 unspecified atom stereocenters. The molecule has 2 N–H and O–H groups in total. The summed E-state index contributed by atoms with van der Waals surface area (Å²) in [6.45, 7) is -0.00351. The second kappa shape index (κ2) is 5.42. The molecule has 0 radical (unpaired) electrons. The van der Waals surface area contributed by atoms with Crippen LogP contribution in [0.5, 0.6) is 5.75 Å². The van der Waals surface area contributed by atoms with Gasteiger partial charge >= 0.3 is 0 Å². The van der Waals surface area contributed by atoms with E-state index in [2.05, 4.69) is 0 Å². The van der Waals surface area contributed by atoms with Gasteiger partial charge in [-0.15, -0.1) is 0 Å². The highest BCUT2D eigenvalue weighted by Crippen LogP contribution is 2.21. The van der Waals surface area contributed by atoms with Crippen molar-refractivity contribution < 1.29 is 14.9 Å². The van der Waals surface area contributed by atoms with Gasteiger partial charge in [-0.05, 0) is 17.7 Å². The van der Waals surface area contributed by atoms with E-state index in [4.69, 9.17) is 14.9 Å². The predicted octanol–water partition coefficient (Wildman–Crippen LogP) is 1.19. The van der Waals surface area contributed by atoms with Crippen LogP contribution in [0.2, 0.25) is 0 Å². The molecule has 0 aromatic heterocycles. The average Bonchev–Trinajstić information content (AvgIpc) is 2.25. The third kappa shape index (κ3) is 2.58. The van der Waals surface area contributed by atoms with Gasteiger partial charge in [0.1, 0.15) is 5.75 Å². The maximum Gasteiger partial charge on any atom is 0.126 e. The summed E-state index contributed by atoms with van der Waals surface area (Å²) in [4.78, 5) is 0. The van der Waals surface area contributed by atoms with E-state index < -0.39 is 0 Å². The van der Waals surface area contributed by atoms with Crippen molar-refractivity contribution in [1.29, 1.82) is 0 Å². The van der Waals surface area contributed by atoms with Crippen LogP contribution in [-0.4, -0.2) is 23.9 Å². The summed E-state index contributed by atoms with van der Waals surface area (Å²) in [5.41, 5.74) is 1.68. The minimum absolute atomic E-state index is 0.00393. The van der Waals surface area contributed by atoms with Gasteiger partial charge in [0.25, 0.3) is 0 Å². The fourth-order valence-electron chi connectivity index (χ4n) is 1.19. The lowest BCUT2D eigenvalue weighted by Crippen LogP contribution is -1.90. The molecule has 1 rings (SSSR count). The first kappa shape index (κ1) is 10.8. The van der Waals surface area contributed by atoms with E-state index in [0.717, 1.165) is 16.9 Å². The summed E-state index contributed by atoms with van der Waals surface area (Å²) in [7, 11) is 1.59. The number of hydrogen-bond donors (Lipinski definition) is 2. The molecule has 1 aromatic carbocycles. The van der Waals surface area contributed by atoms with E-state index in [1.807, 2.05) is 6.07 Å². The molecule has 0 amide bonds. The summed E-state index contributed by atoms with van der Waals surface area (Å²) in [6, 6.07) is 5.42. The summed E-state index contributed by atoms with van der Waals surface area (Å²) >= 11 is 0. The molecule has 0 aliphatic rings. The summed E-state index contributed by atoms with van der Waals surface area (Å²) in [6.07, 6.45) is 3.39. The molecule has 14 heavy (non-hydrogen) atoms. The SMILES string of the molecule is COc1ccc(CO)cc1C=CCO. The van der Waals surface area contributed by atoms with Crippen molar-refractivity contribution in [3.63, 3.8) is 0 Å². The molecule has 0 heterocycles. The Morgan fingerprint density at radius 3 is 2.71 bits per heavy atom. The summed E-state index contributed by atoms with van der Waals surface area (Å²) < 4.78 is 5.13. The van der Waals surface area contributed by atoms with Gasteiger partial charge in [-0.1, -0.05) is 18.2 Å². The quantitative estimate of drug-likeness (QED) is 0.757. The van der Waals surface area contributed by atoms with Gasteiger partial charge in [-0.2, -0.15) is 0 Å². The van der Waals surface area contributed by atoms with Crippen molar-refractivity contribution in [3.8, 4) is 5.75 Å². The van der Waals surface area contributed by atoms with Gasteiger partial charge < -0.3 is 14.9 Å². The van der Waals surface area contributed by atoms with Crippen LogP contribution in [0.15, 0.2) is 24.3 Å². The molecule has 0 aliphatic heterocycles. The second-order valence-corrected chi connectivity index (χ2v) is 2.82. The lowest BCUT2D eigenvalue weighted by atomic mass is 10.1. The van der Waals surface area contributed by atoms with Crippen LogP contribution in [0, 0.1) is 0 Å². The molecule has 1 aromatic rings. The van der Waals surface area contributed by atoms with E-state index in [-0.39, 0.29) is 13.2 Å². The van der Waals surface area contributed by atoms with E-state index in [1.165, 1.54) is 0 Å². The van der Waals surface area contributed by atoms with E-state index in [1.54, 1.807) is 31.4 Å². The van der Waals surface area contributed by atoms with Crippen LogP contribution < -0.4 is 4.74 Å². The molecule has 0 bridgehead atoms. The van der Waals surface area contributed by atoms with Crippen LogP contribution in [0.4, 0.5) is 0 Å². The lowest BCUT2D eigenvalue weighted by Gasteiger charge is -2.06. The number of ether oxygens (including phenoxy) is 1. The maximum absolute atomic E-state index is 8.94. The van der Waals surface area contributed by atoms with Crippen LogP contribution in [0.25, 0.3) is 6.08 Å². The topological polar surface area (TPSA) is 49.7 Å². The standard InChI is InChI=1S/C11H14O3/c1-14-11-5-4-9(8-13)7-10(11)3-2-6-12/h2-5,7,12-13H,6,8H2,1H3. The Balaban J connectivity index is 3.02. The molecular formula is C11H14O3. The van der Waals surface area contributed by atoms with Crippen molar-refractivity contribution in [2.45, 2.75) is 6.61 Å². The first-order valence-corrected chi connectivity index (χ1v) is 4.37. The van der Waals surface area contributed by atoms with Crippen molar-refractivity contribution in [1.82, 2.24) is 0 Å². The normalized spacial score (nSPS) is 10.8. The molecule has 0 saturated carbocycles. The molecular weight excluding hydrogens is 180 g/mol. The Hall–Kier alpha value is -1.32. The minimum Gasteiger partial charge on any atom is -0.496 e. The molecule has 0 spiro atoms. The zero-order valence-electron chi connectivity index (χ0n) is 8.10. The molecule has 3 heteroatoms. The maximum atomic E-state index is 8.94. The van der Waals surface area contributed by atoms with Crippen LogP contribution in [0.3, 0.4) is 0 Å². The number of hydrogen-bond acceptors (Lipinski definition) is 3. The van der Waals surface area contributed by atoms with Crippen molar-refractivity contribution in [2.24, 2.45) is 0 Å². The van der Waals surface area contributed by atoms with Gasteiger partial charge in [-0.25, -0.2) is 0 Å². The van der Waals surface area contributed by atoms with Gasteiger partial charge in [-0.3, -0.25) is 0 Å². The third-order valence-electron chi connectivity index (χ3n) is 1.88. The van der Waals surface area contributed by atoms with Crippen molar-refractivity contribution >= 4 is 6.08 Å². The second-order valence-electron chi connectivity index (χ2n) is 2.82. The monoisotopic (exact) mass is 194 g/mol. The Morgan fingerprint density at radius 2 is 2.14 bits per heavy atom. The van der Waals surface area contributed by atoms with Crippen molar-refractivity contribution in [3.05, 3.63) is 35.4 Å². The number of methoxy groups -OCH3 is 1. The zero-order valence-corrected chi connectivity index (χ0v) is 8.10. The molecule has 76 valence electrons. The lowest BCUT2D eigenvalue weighted by molar-refractivity contribution is 0.281. The van der Waals surface area contributed by atoms with Crippen LogP contribution in [0.1, 0.15) is 11.1 Å². The van der Waals surface area contributed by atoms with Gasteiger partial charge in [0, 0.05) is 5.56 Å². The highest BCUT2D eigenvalue weighted by Gasteiger charge is 2.00. The molecule has 3 nitrogen and oxygen atoms in total. The van der Waals surface area contributed by atoms with E-state index in [0.29, 0.717) is 0 Å². The molecule has 0 saturated heterocycles. The van der Waals surface area contributed by atoms with E-state index >= 15 is 0 Å². The smallest absolute Gasteiger partial charge is 0.126 e. The Morgan fingerprint density at radius 1 is 1.36 bits per heavy atom. The Labute approximate surface area is 83.3 Å². The highest BCUT2D eigenvalue weighted by molar-refractivity contribution is 5.58. The van der Waals surface area contributed by atoms with Gasteiger partial charge in [0.15, 0.2) is 0 Å². The zero-order chi connectivity index (χ0) is 10.4. The molecule has 0 atom stereocenters. The number of rotatable bonds is 4. The van der Waals surface area contributed by atoms with Crippen LogP contribution >= 0.6 is 0 Å².